The number of hydrogen-bond acceptors (Lipinski definition) is 4. The summed E-state index contributed by atoms with van der Waals surface area (Å²) in [6.45, 7) is 2.58. The van der Waals surface area contributed by atoms with E-state index in [9.17, 15) is 9.90 Å². The number of nitrogens with one attached hydrogen (secondary N) is 1. The molecule has 0 atom stereocenters. The number of phenolic OH excluding ortho intramolecular Hbond substituents is 1. The van der Waals surface area contributed by atoms with Crippen LogP contribution in [0, 0.1) is 18.8 Å². The van der Waals surface area contributed by atoms with Crippen molar-refractivity contribution in [1.82, 2.24) is 5.32 Å². The zero-order valence-corrected chi connectivity index (χ0v) is 12.5. The number of carbonyl (C=O) groups excluding carboxylic acids is 1. The van der Waals surface area contributed by atoms with E-state index in [2.05, 4.69) is 17.2 Å². The summed E-state index contributed by atoms with van der Waals surface area (Å²) in [5, 5.41) is 12.2. The van der Waals surface area contributed by atoms with E-state index in [1.54, 1.807) is 19.1 Å². The number of benzene rings is 1. The average molecular weight is 300 g/mol. The number of hydrogen-bond donors (Lipinski definition) is 3. The van der Waals surface area contributed by atoms with E-state index in [4.69, 9.17) is 5.73 Å². The summed E-state index contributed by atoms with van der Waals surface area (Å²) in [6.07, 6.45) is 0. The van der Waals surface area contributed by atoms with Crippen LogP contribution in [0.5, 0.6) is 5.75 Å². The predicted molar refractivity (Wildman–Crippen MR) is 84.3 cm³/mol. The number of amides is 1. The lowest BCUT2D eigenvalue weighted by atomic mass is 10.1. The van der Waals surface area contributed by atoms with Gasteiger partial charge in [-0.2, -0.15) is 0 Å². The Morgan fingerprint density at radius 2 is 2.19 bits per heavy atom. The molecule has 4 nitrogen and oxygen atoms in total. The quantitative estimate of drug-likeness (QED) is 0.759. The fourth-order valence-corrected chi connectivity index (χ4v) is 2.67. The Bertz CT molecular complexity index is 711. The lowest BCUT2D eigenvalue weighted by Crippen LogP contribution is -2.23. The number of nitrogens with two attached hydrogens (primary N) is 1. The first-order valence-electron chi connectivity index (χ1n) is 6.45. The van der Waals surface area contributed by atoms with Crippen LogP contribution in [0.4, 0.5) is 0 Å². The molecule has 2 rings (SSSR count). The molecule has 1 amide bonds. The largest absolute Gasteiger partial charge is 0.508 e. The molecule has 108 valence electrons. The SMILES string of the molecule is Cc1cc(O)ccc1C(=O)NCc1ccc(C#CCN)s1. The zero-order valence-electron chi connectivity index (χ0n) is 11.6. The first-order valence-corrected chi connectivity index (χ1v) is 7.27. The molecule has 5 heteroatoms. The van der Waals surface area contributed by atoms with Gasteiger partial charge < -0.3 is 16.2 Å². The molecule has 0 saturated heterocycles. The summed E-state index contributed by atoms with van der Waals surface area (Å²) in [4.78, 5) is 14.1. The number of aromatic hydroxyl groups is 1. The summed E-state index contributed by atoms with van der Waals surface area (Å²) in [5.41, 5.74) is 6.63. The molecular weight excluding hydrogens is 284 g/mol. The van der Waals surface area contributed by atoms with E-state index < -0.39 is 0 Å². The van der Waals surface area contributed by atoms with Gasteiger partial charge in [0.1, 0.15) is 5.75 Å². The van der Waals surface area contributed by atoms with Gasteiger partial charge in [-0.3, -0.25) is 4.79 Å². The third-order valence-electron chi connectivity index (χ3n) is 2.85. The van der Waals surface area contributed by atoms with E-state index in [1.165, 1.54) is 17.4 Å². The molecule has 1 heterocycles. The van der Waals surface area contributed by atoms with E-state index in [0.29, 0.717) is 18.7 Å². The maximum atomic E-state index is 12.1. The standard InChI is InChI=1S/C16H16N2O2S/c1-11-9-12(19)4-7-15(11)16(20)18-10-14-6-5-13(21-14)3-2-8-17/h4-7,9,19H,8,10,17H2,1H3,(H,18,20). The average Bonchev–Trinajstić information content (AvgIpc) is 2.90. The fourth-order valence-electron chi connectivity index (χ4n) is 1.84. The Balaban J connectivity index is 1.99. The van der Waals surface area contributed by atoms with E-state index in [-0.39, 0.29) is 11.7 Å². The molecule has 0 bridgehead atoms. The van der Waals surface area contributed by atoms with Gasteiger partial charge >= 0.3 is 0 Å². The molecule has 1 aromatic carbocycles. The molecule has 0 fully saturated rings. The fraction of sp³-hybridized carbons (Fsp3) is 0.188. The molecule has 4 N–H and O–H groups in total. The van der Waals surface area contributed by atoms with Gasteiger partial charge in [-0.25, -0.2) is 0 Å². The maximum Gasteiger partial charge on any atom is 0.251 e. The van der Waals surface area contributed by atoms with Gasteiger partial charge in [0.2, 0.25) is 0 Å². The van der Waals surface area contributed by atoms with Crippen LogP contribution in [0.25, 0.3) is 0 Å². The van der Waals surface area contributed by atoms with Crippen molar-refractivity contribution in [1.29, 1.82) is 0 Å². The van der Waals surface area contributed by atoms with Crippen molar-refractivity contribution in [2.75, 3.05) is 6.54 Å². The van der Waals surface area contributed by atoms with E-state index in [1.807, 2.05) is 12.1 Å². The monoisotopic (exact) mass is 300 g/mol. The van der Waals surface area contributed by atoms with Crippen molar-refractivity contribution >= 4 is 17.2 Å². The van der Waals surface area contributed by atoms with Crippen LogP contribution in [0.1, 0.15) is 25.7 Å². The molecule has 21 heavy (non-hydrogen) atoms. The molecule has 2 aromatic rings. The first-order chi connectivity index (χ1) is 10.1. The van der Waals surface area contributed by atoms with Crippen LogP contribution in [0.15, 0.2) is 30.3 Å². The Morgan fingerprint density at radius 3 is 2.90 bits per heavy atom. The molecule has 0 spiro atoms. The minimum atomic E-state index is -0.157. The smallest absolute Gasteiger partial charge is 0.251 e. The second-order valence-corrected chi connectivity index (χ2v) is 5.62. The molecule has 0 radical (unpaired) electrons. The second kappa shape index (κ2) is 6.93. The summed E-state index contributed by atoms with van der Waals surface area (Å²) in [6, 6.07) is 8.55. The van der Waals surface area contributed by atoms with Crippen LogP contribution in [0.2, 0.25) is 0 Å². The van der Waals surface area contributed by atoms with Crippen molar-refractivity contribution in [3.05, 3.63) is 51.2 Å². The topological polar surface area (TPSA) is 75.3 Å². The third-order valence-corrected chi connectivity index (χ3v) is 3.85. The van der Waals surface area contributed by atoms with Gasteiger partial charge in [-0.15, -0.1) is 11.3 Å². The van der Waals surface area contributed by atoms with Crippen molar-refractivity contribution in [2.24, 2.45) is 5.73 Å². The molecule has 0 saturated carbocycles. The lowest BCUT2D eigenvalue weighted by Gasteiger charge is -2.07. The van der Waals surface area contributed by atoms with Crippen molar-refractivity contribution in [3.63, 3.8) is 0 Å². The normalized spacial score (nSPS) is 9.81. The van der Waals surface area contributed by atoms with Crippen molar-refractivity contribution in [2.45, 2.75) is 13.5 Å². The minimum Gasteiger partial charge on any atom is -0.508 e. The highest BCUT2D eigenvalue weighted by atomic mass is 32.1. The number of aryl methyl sites for hydroxylation is 1. The number of carbonyl (C=O) groups is 1. The number of thiophene rings is 1. The Morgan fingerprint density at radius 1 is 1.38 bits per heavy atom. The Labute approximate surface area is 127 Å². The number of phenols is 1. The molecule has 0 unspecified atom stereocenters. The van der Waals surface area contributed by atoms with Gasteiger partial charge in [0.05, 0.1) is 18.0 Å². The summed E-state index contributed by atoms with van der Waals surface area (Å²) in [7, 11) is 0. The van der Waals surface area contributed by atoms with Crippen LogP contribution in [-0.2, 0) is 6.54 Å². The zero-order chi connectivity index (χ0) is 15.2. The second-order valence-electron chi connectivity index (χ2n) is 4.45. The van der Waals surface area contributed by atoms with Gasteiger partial charge in [-0.1, -0.05) is 11.8 Å². The van der Waals surface area contributed by atoms with E-state index >= 15 is 0 Å². The molecule has 0 aliphatic rings. The highest BCUT2D eigenvalue weighted by Crippen LogP contribution is 2.17. The summed E-state index contributed by atoms with van der Waals surface area (Å²) < 4.78 is 0. The van der Waals surface area contributed by atoms with Gasteiger partial charge in [0.15, 0.2) is 0 Å². The van der Waals surface area contributed by atoms with Crippen molar-refractivity contribution in [3.8, 4) is 17.6 Å². The lowest BCUT2D eigenvalue weighted by molar-refractivity contribution is 0.0950. The van der Waals surface area contributed by atoms with Gasteiger partial charge in [-0.05, 0) is 42.8 Å². The maximum absolute atomic E-state index is 12.1. The van der Waals surface area contributed by atoms with Crippen LogP contribution in [0.3, 0.4) is 0 Å². The first kappa shape index (κ1) is 15.1. The molecule has 1 aromatic heterocycles. The van der Waals surface area contributed by atoms with Crippen LogP contribution < -0.4 is 11.1 Å². The van der Waals surface area contributed by atoms with Crippen LogP contribution in [-0.4, -0.2) is 17.6 Å². The van der Waals surface area contributed by atoms with Gasteiger partial charge in [0.25, 0.3) is 5.91 Å². The summed E-state index contributed by atoms with van der Waals surface area (Å²) >= 11 is 1.53. The molecular formula is C16H16N2O2S. The third kappa shape index (κ3) is 4.09. The van der Waals surface area contributed by atoms with Crippen LogP contribution >= 0.6 is 11.3 Å². The number of rotatable bonds is 3. The molecule has 0 aliphatic heterocycles. The highest BCUT2D eigenvalue weighted by molar-refractivity contribution is 7.12. The van der Waals surface area contributed by atoms with Gasteiger partial charge in [0, 0.05) is 10.4 Å². The Hall–Kier alpha value is -2.29. The predicted octanol–water partition coefficient (Wildman–Crippen LogP) is 2.00. The minimum absolute atomic E-state index is 0.157. The summed E-state index contributed by atoms with van der Waals surface area (Å²) in [5.74, 6) is 5.76. The van der Waals surface area contributed by atoms with E-state index in [0.717, 1.165) is 15.3 Å². The highest BCUT2D eigenvalue weighted by Gasteiger charge is 2.09. The Kier molecular flexibility index (Phi) is 4.99. The molecule has 0 aliphatic carbocycles. The van der Waals surface area contributed by atoms with Crippen molar-refractivity contribution < 1.29 is 9.90 Å².